The van der Waals surface area contributed by atoms with Crippen LogP contribution < -0.4 is 5.32 Å². The molecule has 122 valence electrons. The van der Waals surface area contributed by atoms with Gasteiger partial charge in [-0.05, 0) is 54.5 Å². The summed E-state index contributed by atoms with van der Waals surface area (Å²) in [6, 6.07) is 9.02. The van der Waals surface area contributed by atoms with Gasteiger partial charge in [0.15, 0.2) is 0 Å². The summed E-state index contributed by atoms with van der Waals surface area (Å²) in [6.45, 7) is -0.0140. The lowest BCUT2D eigenvalue weighted by atomic mass is 9.94. The molecular weight excluding hydrogens is 310 g/mol. The first-order chi connectivity index (χ1) is 11.3. The molecule has 2 N–H and O–H groups in total. The highest BCUT2D eigenvalue weighted by molar-refractivity contribution is 7.99. The number of nitrogens with zero attached hydrogens (tertiary/aromatic N) is 2. The first kappa shape index (κ1) is 16.1. The molecule has 23 heavy (non-hydrogen) atoms. The third-order valence-corrected chi connectivity index (χ3v) is 5.27. The maximum atomic E-state index is 12.5. The van der Waals surface area contributed by atoms with Crippen molar-refractivity contribution >= 4 is 17.7 Å². The van der Waals surface area contributed by atoms with Crippen molar-refractivity contribution in [3.63, 3.8) is 0 Å². The SMILES string of the molecule is O=C(NC(CO)C1CCSCC1)c1cccc(-n2cccn2)c1. The number of aliphatic hydroxyl groups excluding tert-OH is 1. The summed E-state index contributed by atoms with van der Waals surface area (Å²) in [6.07, 6.45) is 5.63. The van der Waals surface area contributed by atoms with Crippen molar-refractivity contribution in [2.75, 3.05) is 18.1 Å². The number of hydrogen-bond acceptors (Lipinski definition) is 4. The van der Waals surface area contributed by atoms with E-state index in [2.05, 4.69) is 10.4 Å². The predicted octanol–water partition coefficient (Wildman–Crippen LogP) is 2.11. The van der Waals surface area contributed by atoms with E-state index in [0.29, 0.717) is 11.5 Å². The first-order valence-corrected chi connectivity index (χ1v) is 9.03. The monoisotopic (exact) mass is 331 g/mol. The minimum Gasteiger partial charge on any atom is -0.394 e. The minimum atomic E-state index is -0.170. The quantitative estimate of drug-likeness (QED) is 0.880. The van der Waals surface area contributed by atoms with Gasteiger partial charge in [-0.2, -0.15) is 16.9 Å². The minimum absolute atomic E-state index is 0.0140. The number of carbonyl (C=O) groups is 1. The van der Waals surface area contributed by atoms with Crippen LogP contribution >= 0.6 is 11.8 Å². The molecule has 1 aliphatic heterocycles. The van der Waals surface area contributed by atoms with E-state index in [9.17, 15) is 9.90 Å². The number of carbonyl (C=O) groups excluding carboxylic acids is 1. The summed E-state index contributed by atoms with van der Waals surface area (Å²) in [4.78, 5) is 12.5. The van der Waals surface area contributed by atoms with Crippen LogP contribution in [0.4, 0.5) is 0 Å². The zero-order chi connectivity index (χ0) is 16.1. The van der Waals surface area contributed by atoms with E-state index in [0.717, 1.165) is 30.0 Å². The van der Waals surface area contributed by atoms with Gasteiger partial charge in [-0.15, -0.1) is 0 Å². The summed E-state index contributed by atoms with van der Waals surface area (Å²) in [5, 5.41) is 16.8. The molecule has 0 spiro atoms. The highest BCUT2D eigenvalue weighted by Crippen LogP contribution is 2.25. The van der Waals surface area contributed by atoms with E-state index in [1.807, 2.05) is 42.2 Å². The van der Waals surface area contributed by atoms with Crippen LogP contribution in [0.1, 0.15) is 23.2 Å². The van der Waals surface area contributed by atoms with Gasteiger partial charge in [0, 0.05) is 18.0 Å². The molecule has 1 amide bonds. The van der Waals surface area contributed by atoms with Crippen LogP contribution in [0.3, 0.4) is 0 Å². The predicted molar refractivity (Wildman–Crippen MR) is 92.0 cm³/mol. The molecular formula is C17H21N3O2S. The van der Waals surface area contributed by atoms with E-state index in [1.54, 1.807) is 16.9 Å². The fourth-order valence-electron chi connectivity index (χ4n) is 2.89. The number of benzene rings is 1. The van der Waals surface area contributed by atoms with Crippen molar-refractivity contribution in [3.8, 4) is 5.69 Å². The molecule has 0 saturated carbocycles. The summed E-state index contributed by atoms with van der Waals surface area (Å²) in [5.74, 6) is 2.42. The number of nitrogens with one attached hydrogen (secondary N) is 1. The maximum Gasteiger partial charge on any atom is 0.251 e. The topological polar surface area (TPSA) is 67.2 Å². The molecule has 5 nitrogen and oxygen atoms in total. The molecule has 2 heterocycles. The van der Waals surface area contributed by atoms with E-state index in [1.165, 1.54) is 0 Å². The van der Waals surface area contributed by atoms with Gasteiger partial charge in [0.2, 0.25) is 0 Å². The number of hydrogen-bond donors (Lipinski definition) is 2. The Labute approximate surface area is 140 Å². The number of thioether (sulfide) groups is 1. The third-order valence-electron chi connectivity index (χ3n) is 4.23. The lowest BCUT2D eigenvalue weighted by Gasteiger charge is -2.29. The second-order valence-corrected chi connectivity index (χ2v) is 6.94. The Morgan fingerprint density at radius 1 is 1.39 bits per heavy atom. The standard InChI is InChI=1S/C17H21N3O2S/c21-12-16(13-5-9-23-10-6-13)19-17(22)14-3-1-4-15(11-14)20-8-2-7-18-20/h1-4,7-8,11,13,16,21H,5-6,9-10,12H2,(H,19,22). The average Bonchev–Trinajstić information content (AvgIpc) is 3.15. The number of rotatable bonds is 5. The fourth-order valence-corrected chi connectivity index (χ4v) is 4.04. The van der Waals surface area contributed by atoms with Gasteiger partial charge in [0.1, 0.15) is 0 Å². The summed E-state index contributed by atoms with van der Waals surface area (Å²) >= 11 is 1.94. The van der Waals surface area contributed by atoms with Crippen LogP contribution in [0.25, 0.3) is 5.69 Å². The molecule has 1 aromatic heterocycles. The van der Waals surface area contributed by atoms with Crippen molar-refractivity contribution in [1.82, 2.24) is 15.1 Å². The van der Waals surface area contributed by atoms with Crippen LogP contribution in [0.15, 0.2) is 42.7 Å². The fraction of sp³-hybridized carbons (Fsp3) is 0.412. The van der Waals surface area contributed by atoms with E-state index in [-0.39, 0.29) is 18.6 Å². The Kier molecular flexibility index (Phi) is 5.35. The molecule has 0 radical (unpaired) electrons. The Morgan fingerprint density at radius 2 is 2.22 bits per heavy atom. The van der Waals surface area contributed by atoms with Gasteiger partial charge in [-0.3, -0.25) is 4.79 Å². The molecule has 6 heteroatoms. The molecule has 3 rings (SSSR count). The van der Waals surface area contributed by atoms with Crippen LogP contribution in [0.2, 0.25) is 0 Å². The highest BCUT2D eigenvalue weighted by Gasteiger charge is 2.25. The van der Waals surface area contributed by atoms with E-state index < -0.39 is 0 Å². The molecule has 1 fully saturated rings. The largest absolute Gasteiger partial charge is 0.394 e. The number of aliphatic hydroxyl groups is 1. The first-order valence-electron chi connectivity index (χ1n) is 7.87. The molecule has 1 unspecified atom stereocenters. The smallest absolute Gasteiger partial charge is 0.251 e. The Bertz CT molecular complexity index is 639. The molecule has 1 saturated heterocycles. The van der Waals surface area contributed by atoms with Crippen LogP contribution in [-0.4, -0.2) is 44.9 Å². The molecule has 0 bridgehead atoms. The van der Waals surface area contributed by atoms with Gasteiger partial charge in [0.25, 0.3) is 5.91 Å². The van der Waals surface area contributed by atoms with Crippen molar-refractivity contribution in [1.29, 1.82) is 0 Å². The molecule has 2 aromatic rings. The van der Waals surface area contributed by atoms with Crippen molar-refractivity contribution < 1.29 is 9.90 Å². The number of aromatic nitrogens is 2. The maximum absolute atomic E-state index is 12.5. The third kappa shape index (κ3) is 3.95. The molecule has 0 aliphatic carbocycles. The summed E-state index contributed by atoms with van der Waals surface area (Å²) < 4.78 is 1.72. The van der Waals surface area contributed by atoms with Crippen molar-refractivity contribution in [2.45, 2.75) is 18.9 Å². The summed E-state index contributed by atoms with van der Waals surface area (Å²) in [7, 11) is 0. The average molecular weight is 331 g/mol. The van der Waals surface area contributed by atoms with Crippen molar-refractivity contribution in [3.05, 3.63) is 48.3 Å². The van der Waals surface area contributed by atoms with E-state index >= 15 is 0 Å². The Hall–Kier alpha value is -1.79. The summed E-state index contributed by atoms with van der Waals surface area (Å²) in [5.41, 5.74) is 1.43. The Balaban J connectivity index is 1.71. The van der Waals surface area contributed by atoms with Gasteiger partial charge in [0.05, 0.1) is 18.3 Å². The van der Waals surface area contributed by atoms with E-state index in [4.69, 9.17) is 0 Å². The van der Waals surface area contributed by atoms with Gasteiger partial charge in [-0.25, -0.2) is 4.68 Å². The number of amides is 1. The molecule has 1 aromatic carbocycles. The van der Waals surface area contributed by atoms with Gasteiger partial charge < -0.3 is 10.4 Å². The highest BCUT2D eigenvalue weighted by atomic mass is 32.2. The zero-order valence-corrected chi connectivity index (χ0v) is 13.7. The Morgan fingerprint density at radius 3 is 2.91 bits per heavy atom. The van der Waals surface area contributed by atoms with Gasteiger partial charge >= 0.3 is 0 Å². The zero-order valence-electron chi connectivity index (χ0n) is 12.9. The van der Waals surface area contributed by atoms with Gasteiger partial charge in [-0.1, -0.05) is 6.07 Å². The normalized spacial score (nSPS) is 16.9. The molecule has 1 aliphatic rings. The van der Waals surface area contributed by atoms with Crippen molar-refractivity contribution in [2.24, 2.45) is 5.92 Å². The lowest BCUT2D eigenvalue weighted by Crippen LogP contribution is -2.44. The van der Waals surface area contributed by atoms with Crippen LogP contribution in [-0.2, 0) is 0 Å². The second-order valence-electron chi connectivity index (χ2n) is 5.71. The lowest BCUT2D eigenvalue weighted by molar-refractivity contribution is 0.0884. The van der Waals surface area contributed by atoms with Crippen LogP contribution in [0.5, 0.6) is 0 Å². The second kappa shape index (κ2) is 7.66. The molecule has 1 atom stereocenters. The van der Waals surface area contributed by atoms with Crippen LogP contribution in [0, 0.1) is 5.92 Å².